The Hall–Kier alpha value is -1.12. The fourth-order valence-electron chi connectivity index (χ4n) is 0.649. The summed E-state index contributed by atoms with van der Waals surface area (Å²) in [7, 11) is 0. The zero-order valence-corrected chi connectivity index (χ0v) is 8.87. The van der Waals surface area contributed by atoms with E-state index in [0.717, 1.165) is 12.0 Å². The summed E-state index contributed by atoms with van der Waals surface area (Å²) >= 11 is 0. The van der Waals surface area contributed by atoms with Gasteiger partial charge in [-0.15, -0.1) is 0 Å². The molecule has 0 saturated carbocycles. The second-order valence-corrected chi connectivity index (χ2v) is 2.39. The molecule has 3 nitrogen and oxygen atoms in total. The van der Waals surface area contributed by atoms with E-state index in [4.69, 9.17) is 4.74 Å². The highest BCUT2D eigenvalue weighted by molar-refractivity contribution is 5.04. The lowest BCUT2D eigenvalue weighted by molar-refractivity contribution is 0.292. The van der Waals surface area contributed by atoms with Crippen LogP contribution in [0.2, 0.25) is 0 Å². The van der Waals surface area contributed by atoms with Crippen molar-refractivity contribution in [2.45, 2.75) is 34.1 Å². The Morgan fingerprint density at radius 1 is 1.23 bits per heavy atom. The lowest BCUT2D eigenvalue weighted by Crippen LogP contribution is -1.99. The topological polar surface area (TPSA) is 35.0 Å². The number of hydrogen-bond donors (Lipinski definition) is 0. The van der Waals surface area contributed by atoms with Gasteiger partial charge in [0.1, 0.15) is 0 Å². The minimum Gasteiger partial charge on any atom is -0.463 e. The molecule has 0 aliphatic heterocycles. The molecule has 0 unspecified atom stereocenters. The largest absolute Gasteiger partial charge is 0.463 e. The molecule has 1 aromatic heterocycles. The van der Waals surface area contributed by atoms with Crippen molar-refractivity contribution in [3.63, 3.8) is 0 Å². The van der Waals surface area contributed by atoms with Gasteiger partial charge in [-0.3, -0.25) is 0 Å². The minimum absolute atomic E-state index is 0.470. The standard InChI is InChI=1S/C8H12N2O.C2H6/c1-3-4-11-8-9-5-7(2)6-10-8;1-2/h5-6H,3-4H2,1-2H3;1-2H3. The monoisotopic (exact) mass is 182 g/mol. The Balaban J connectivity index is 0.000000671. The van der Waals surface area contributed by atoms with Crippen LogP contribution in [0.1, 0.15) is 32.8 Å². The van der Waals surface area contributed by atoms with Crippen LogP contribution in [0.15, 0.2) is 12.4 Å². The van der Waals surface area contributed by atoms with Gasteiger partial charge in [-0.1, -0.05) is 20.8 Å². The molecule has 13 heavy (non-hydrogen) atoms. The van der Waals surface area contributed by atoms with Gasteiger partial charge in [-0.25, -0.2) is 9.97 Å². The molecular formula is C10H18N2O. The zero-order valence-electron chi connectivity index (χ0n) is 8.87. The van der Waals surface area contributed by atoms with E-state index in [2.05, 4.69) is 9.97 Å². The van der Waals surface area contributed by atoms with Gasteiger partial charge in [0, 0.05) is 12.4 Å². The molecule has 0 fully saturated rings. The first kappa shape index (κ1) is 11.9. The molecule has 0 bridgehead atoms. The number of rotatable bonds is 3. The second kappa shape index (κ2) is 7.53. The fraction of sp³-hybridized carbons (Fsp3) is 0.600. The van der Waals surface area contributed by atoms with Crippen molar-refractivity contribution in [2.75, 3.05) is 6.61 Å². The third-order valence-corrected chi connectivity index (χ3v) is 1.19. The first-order valence-electron chi connectivity index (χ1n) is 4.74. The van der Waals surface area contributed by atoms with Crippen LogP contribution in [0.5, 0.6) is 6.01 Å². The van der Waals surface area contributed by atoms with Crippen LogP contribution in [0.4, 0.5) is 0 Å². The van der Waals surface area contributed by atoms with E-state index in [-0.39, 0.29) is 0 Å². The predicted octanol–water partition coefficient (Wildman–Crippen LogP) is 2.60. The van der Waals surface area contributed by atoms with Gasteiger partial charge in [-0.05, 0) is 18.9 Å². The van der Waals surface area contributed by atoms with E-state index in [1.54, 1.807) is 12.4 Å². The summed E-state index contributed by atoms with van der Waals surface area (Å²) in [5, 5.41) is 0. The Bertz CT molecular complexity index is 209. The number of ether oxygens (including phenoxy) is 1. The van der Waals surface area contributed by atoms with Gasteiger partial charge in [0.05, 0.1) is 6.61 Å². The van der Waals surface area contributed by atoms with E-state index in [0.29, 0.717) is 12.6 Å². The van der Waals surface area contributed by atoms with Gasteiger partial charge >= 0.3 is 6.01 Å². The number of aromatic nitrogens is 2. The first-order chi connectivity index (χ1) is 6.33. The summed E-state index contributed by atoms with van der Waals surface area (Å²) in [4.78, 5) is 7.96. The normalized spacial score (nSPS) is 8.62. The van der Waals surface area contributed by atoms with Crippen LogP contribution in [0, 0.1) is 6.92 Å². The summed E-state index contributed by atoms with van der Waals surface area (Å²) < 4.78 is 5.19. The smallest absolute Gasteiger partial charge is 0.316 e. The highest BCUT2D eigenvalue weighted by atomic mass is 16.5. The Kier molecular flexibility index (Phi) is 6.88. The molecule has 0 N–H and O–H groups in total. The van der Waals surface area contributed by atoms with Gasteiger partial charge in [-0.2, -0.15) is 0 Å². The van der Waals surface area contributed by atoms with E-state index < -0.39 is 0 Å². The number of nitrogens with zero attached hydrogens (tertiary/aromatic N) is 2. The molecular weight excluding hydrogens is 164 g/mol. The van der Waals surface area contributed by atoms with E-state index >= 15 is 0 Å². The summed E-state index contributed by atoms with van der Waals surface area (Å²) in [6.07, 6.45) is 4.48. The molecule has 0 atom stereocenters. The maximum Gasteiger partial charge on any atom is 0.316 e. The molecule has 0 spiro atoms. The summed E-state index contributed by atoms with van der Waals surface area (Å²) in [6, 6.07) is 0.470. The van der Waals surface area contributed by atoms with Gasteiger partial charge in [0.25, 0.3) is 0 Å². The Labute approximate surface area is 80.2 Å². The molecule has 0 aliphatic rings. The van der Waals surface area contributed by atoms with Gasteiger partial charge in [0.15, 0.2) is 0 Å². The van der Waals surface area contributed by atoms with Crippen molar-refractivity contribution in [1.29, 1.82) is 0 Å². The van der Waals surface area contributed by atoms with E-state index in [1.165, 1.54) is 0 Å². The molecule has 0 aliphatic carbocycles. The number of hydrogen-bond acceptors (Lipinski definition) is 3. The summed E-state index contributed by atoms with van der Waals surface area (Å²) in [5.41, 5.74) is 1.05. The minimum atomic E-state index is 0.470. The summed E-state index contributed by atoms with van der Waals surface area (Å²) in [6.45, 7) is 8.68. The Morgan fingerprint density at radius 3 is 2.23 bits per heavy atom. The highest BCUT2D eigenvalue weighted by Crippen LogP contribution is 2.00. The van der Waals surface area contributed by atoms with E-state index in [1.807, 2.05) is 27.7 Å². The molecule has 74 valence electrons. The molecule has 0 aromatic carbocycles. The molecule has 1 rings (SSSR count). The van der Waals surface area contributed by atoms with Crippen molar-refractivity contribution in [1.82, 2.24) is 9.97 Å². The van der Waals surface area contributed by atoms with Crippen molar-refractivity contribution in [3.05, 3.63) is 18.0 Å². The molecule has 1 heterocycles. The van der Waals surface area contributed by atoms with Crippen LogP contribution >= 0.6 is 0 Å². The van der Waals surface area contributed by atoms with Crippen LogP contribution in [-0.4, -0.2) is 16.6 Å². The molecule has 0 saturated heterocycles. The van der Waals surface area contributed by atoms with Gasteiger partial charge < -0.3 is 4.74 Å². The third kappa shape index (κ3) is 5.17. The summed E-state index contributed by atoms with van der Waals surface area (Å²) in [5.74, 6) is 0. The molecule has 0 amide bonds. The fourth-order valence-corrected chi connectivity index (χ4v) is 0.649. The quantitative estimate of drug-likeness (QED) is 0.720. The average molecular weight is 182 g/mol. The van der Waals surface area contributed by atoms with Crippen molar-refractivity contribution < 1.29 is 4.74 Å². The maximum atomic E-state index is 5.19. The van der Waals surface area contributed by atoms with Crippen molar-refractivity contribution in [2.24, 2.45) is 0 Å². The zero-order chi connectivity index (χ0) is 10.1. The molecule has 0 radical (unpaired) electrons. The second-order valence-electron chi connectivity index (χ2n) is 2.39. The molecule has 1 aromatic rings. The lowest BCUT2D eigenvalue weighted by Gasteiger charge is -2.00. The van der Waals surface area contributed by atoms with Crippen LogP contribution < -0.4 is 4.74 Å². The van der Waals surface area contributed by atoms with Crippen LogP contribution in [0.25, 0.3) is 0 Å². The van der Waals surface area contributed by atoms with Gasteiger partial charge in [0.2, 0.25) is 0 Å². The average Bonchev–Trinajstić information content (AvgIpc) is 2.20. The Morgan fingerprint density at radius 2 is 1.77 bits per heavy atom. The number of aryl methyl sites for hydroxylation is 1. The third-order valence-electron chi connectivity index (χ3n) is 1.19. The lowest BCUT2D eigenvalue weighted by atomic mass is 10.4. The van der Waals surface area contributed by atoms with Crippen LogP contribution in [-0.2, 0) is 0 Å². The van der Waals surface area contributed by atoms with Crippen LogP contribution in [0.3, 0.4) is 0 Å². The van der Waals surface area contributed by atoms with Crippen molar-refractivity contribution in [3.8, 4) is 6.01 Å². The predicted molar refractivity (Wildman–Crippen MR) is 53.9 cm³/mol. The highest BCUT2D eigenvalue weighted by Gasteiger charge is 1.93. The first-order valence-corrected chi connectivity index (χ1v) is 4.74. The van der Waals surface area contributed by atoms with E-state index in [9.17, 15) is 0 Å². The maximum absolute atomic E-state index is 5.19. The molecule has 3 heteroatoms. The van der Waals surface area contributed by atoms with Crippen molar-refractivity contribution >= 4 is 0 Å². The SMILES string of the molecule is CC.CCCOc1ncc(C)cn1.